The Morgan fingerprint density at radius 3 is 2.38 bits per heavy atom. The van der Waals surface area contributed by atoms with Gasteiger partial charge in [0.2, 0.25) is 10.0 Å². The first-order valence-electron chi connectivity index (χ1n) is 9.65. The smallest absolute Gasteiger partial charge is 0.247 e. The summed E-state index contributed by atoms with van der Waals surface area (Å²) in [6.45, 7) is 4.05. The van der Waals surface area contributed by atoms with Gasteiger partial charge in [0.05, 0.1) is 10.9 Å². The van der Waals surface area contributed by atoms with E-state index in [1.165, 1.54) is 12.8 Å². The van der Waals surface area contributed by atoms with E-state index in [-0.39, 0.29) is 12.1 Å². The summed E-state index contributed by atoms with van der Waals surface area (Å²) in [6.07, 6.45) is 9.30. The van der Waals surface area contributed by atoms with Crippen LogP contribution in [0, 0.1) is 0 Å². The average Bonchev–Trinajstić information content (AvgIpc) is 3.34. The average molecular weight is 394 g/mol. The zero-order valence-electron chi connectivity index (χ0n) is 15.5. The van der Waals surface area contributed by atoms with Gasteiger partial charge in [-0.1, -0.05) is 25.3 Å². The van der Waals surface area contributed by atoms with Gasteiger partial charge >= 0.3 is 0 Å². The maximum Gasteiger partial charge on any atom is 0.247 e. The molecule has 3 heterocycles. The van der Waals surface area contributed by atoms with Crippen LogP contribution in [0.25, 0.3) is 10.6 Å². The molecule has 0 aromatic carbocycles. The highest BCUT2D eigenvalue weighted by Crippen LogP contribution is 2.38. The largest absolute Gasteiger partial charge is 0.268 e. The Morgan fingerprint density at radius 1 is 1.08 bits per heavy atom. The van der Waals surface area contributed by atoms with E-state index in [4.69, 9.17) is 5.10 Å². The maximum atomic E-state index is 13.6. The quantitative estimate of drug-likeness (QED) is 0.758. The van der Waals surface area contributed by atoms with Gasteiger partial charge < -0.3 is 0 Å². The van der Waals surface area contributed by atoms with Crippen LogP contribution in [-0.4, -0.2) is 34.6 Å². The lowest BCUT2D eigenvalue weighted by Crippen LogP contribution is -2.47. The van der Waals surface area contributed by atoms with Crippen LogP contribution in [0.2, 0.25) is 0 Å². The Hall–Kier alpha value is -1.18. The van der Waals surface area contributed by atoms with Crippen LogP contribution in [0.5, 0.6) is 0 Å². The van der Waals surface area contributed by atoms with Crippen LogP contribution in [0.3, 0.4) is 0 Å². The van der Waals surface area contributed by atoms with E-state index in [1.807, 2.05) is 36.0 Å². The van der Waals surface area contributed by atoms with Crippen molar-refractivity contribution in [2.24, 2.45) is 0 Å². The topological polar surface area (TPSA) is 55.2 Å². The van der Waals surface area contributed by atoms with Gasteiger partial charge in [-0.05, 0) is 51.0 Å². The number of thiophene rings is 1. The van der Waals surface area contributed by atoms with Gasteiger partial charge in [0.1, 0.15) is 10.6 Å². The van der Waals surface area contributed by atoms with Crippen molar-refractivity contribution >= 4 is 21.4 Å². The van der Waals surface area contributed by atoms with Crippen LogP contribution in [0.15, 0.2) is 28.6 Å². The molecule has 0 radical (unpaired) electrons. The zero-order valence-corrected chi connectivity index (χ0v) is 17.1. The molecule has 2 unspecified atom stereocenters. The third-order valence-electron chi connectivity index (χ3n) is 5.82. The van der Waals surface area contributed by atoms with Gasteiger partial charge in [-0.25, -0.2) is 8.42 Å². The highest BCUT2D eigenvalue weighted by atomic mass is 32.2. The van der Waals surface area contributed by atoms with Crippen LogP contribution in [-0.2, 0) is 10.0 Å². The van der Waals surface area contributed by atoms with Crippen LogP contribution < -0.4 is 0 Å². The number of piperidine rings is 1. The molecule has 2 atom stereocenters. The summed E-state index contributed by atoms with van der Waals surface area (Å²) >= 11 is 1.55. The minimum atomic E-state index is -3.57. The molecule has 2 aliphatic rings. The second-order valence-corrected chi connectivity index (χ2v) is 10.5. The fourth-order valence-electron chi connectivity index (χ4n) is 4.49. The van der Waals surface area contributed by atoms with Gasteiger partial charge in [-0.2, -0.15) is 9.40 Å². The lowest BCUT2D eigenvalue weighted by molar-refractivity contribution is 0.204. The van der Waals surface area contributed by atoms with E-state index in [1.54, 1.807) is 21.8 Å². The van der Waals surface area contributed by atoms with Crippen molar-refractivity contribution in [1.29, 1.82) is 0 Å². The van der Waals surface area contributed by atoms with Crippen LogP contribution in [0.4, 0.5) is 0 Å². The van der Waals surface area contributed by atoms with E-state index in [0.29, 0.717) is 16.6 Å². The number of rotatable bonds is 4. The Morgan fingerprint density at radius 2 is 1.77 bits per heavy atom. The number of aromatic nitrogens is 2. The van der Waals surface area contributed by atoms with Crippen molar-refractivity contribution in [3.8, 4) is 10.6 Å². The van der Waals surface area contributed by atoms with Crippen molar-refractivity contribution < 1.29 is 8.42 Å². The molecule has 0 amide bonds. The van der Waals surface area contributed by atoms with Crippen molar-refractivity contribution in [1.82, 2.24) is 14.1 Å². The molecule has 4 rings (SSSR count). The fourth-order valence-corrected chi connectivity index (χ4v) is 7.30. The van der Waals surface area contributed by atoms with Crippen molar-refractivity contribution in [3.63, 3.8) is 0 Å². The Labute approximate surface area is 160 Å². The summed E-state index contributed by atoms with van der Waals surface area (Å²) in [6, 6.07) is 4.32. The lowest BCUT2D eigenvalue weighted by Gasteiger charge is -2.37. The molecule has 26 heavy (non-hydrogen) atoms. The molecule has 0 bridgehead atoms. The first kappa shape index (κ1) is 18.2. The third kappa shape index (κ3) is 3.14. The van der Waals surface area contributed by atoms with Gasteiger partial charge in [0.15, 0.2) is 0 Å². The predicted molar refractivity (Wildman–Crippen MR) is 105 cm³/mol. The van der Waals surface area contributed by atoms with Crippen molar-refractivity contribution in [2.45, 2.75) is 81.8 Å². The maximum absolute atomic E-state index is 13.6. The summed E-state index contributed by atoms with van der Waals surface area (Å²) in [5, 5.41) is 6.75. The summed E-state index contributed by atoms with van der Waals surface area (Å²) in [4.78, 5) is 1.31. The highest BCUT2D eigenvalue weighted by Gasteiger charge is 2.39. The minimum Gasteiger partial charge on any atom is -0.268 e. The standard InChI is InChI=1S/C19H27N3O2S2/c1-14-7-5-8-15(2)22(14)26(23,24)18-13-21(16-9-3-4-10-16)20-19(18)17-11-6-12-25-17/h6,11-16H,3-5,7-10H2,1-2H3. The molecule has 0 N–H and O–H groups in total. The second-order valence-electron chi connectivity index (χ2n) is 7.70. The van der Waals surface area contributed by atoms with Crippen molar-refractivity contribution in [3.05, 3.63) is 23.7 Å². The van der Waals surface area contributed by atoms with E-state index in [0.717, 1.165) is 37.0 Å². The Kier molecular flexibility index (Phi) is 4.96. The summed E-state index contributed by atoms with van der Waals surface area (Å²) in [5.74, 6) is 0. The van der Waals surface area contributed by atoms with Gasteiger partial charge in [-0.3, -0.25) is 4.68 Å². The SMILES string of the molecule is CC1CCCC(C)N1S(=O)(=O)c1cn(C2CCCC2)nc1-c1cccs1. The number of sulfonamides is 1. The third-order valence-corrected chi connectivity index (χ3v) is 8.83. The summed E-state index contributed by atoms with van der Waals surface area (Å²) < 4.78 is 30.9. The number of nitrogens with zero attached hydrogens (tertiary/aromatic N) is 3. The van der Waals surface area contributed by atoms with Gasteiger partial charge in [-0.15, -0.1) is 11.3 Å². The number of hydrogen-bond acceptors (Lipinski definition) is 4. The normalized spacial score (nSPS) is 25.8. The molecule has 2 aromatic heterocycles. The van der Waals surface area contributed by atoms with Crippen molar-refractivity contribution in [2.75, 3.05) is 0 Å². The lowest BCUT2D eigenvalue weighted by atomic mass is 10.0. The summed E-state index contributed by atoms with van der Waals surface area (Å²) in [7, 11) is -3.57. The highest BCUT2D eigenvalue weighted by molar-refractivity contribution is 7.89. The monoisotopic (exact) mass is 393 g/mol. The number of hydrogen-bond donors (Lipinski definition) is 0. The second kappa shape index (κ2) is 7.09. The molecule has 7 heteroatoms. The van der Waals surface area contributed by atoms with Gasteiger partial charge in [0.25, 0.3) is 0 Å². The van der Waals surface area contributed by atoms with Crippen LogP contribution in [0.1, 0.15) is 64.8 Å². The van der Waals surface area contributed by atoms with E-state index in [2.05, 4.69) is 0 Å². The molecular weight excluding hydrogens is 366 g/mol. The molecule has 2 fully saturated rings. The van der Waals surface area contributed by atoms with E-state index >= 15 is 0 Å². The molecule has 1 saturated carbocycles. The first-order chi connectivity index (χ1) is 12.5. The first-order valence-corrected chi connectivity index (χ1v) is 12.0. The van der Waals surface area contributed by atoms with Crippen LogP contribution >= 0.6 is 11.3 Å². The molecule has 1 aliphatic heterocycles. The minimum absolute atomic E-state index is 0.0368. The molecule has 0 spiro atoms. The fraction of sp³-hybridized carbons (Fsp3) is 0.632. The van der Waals surface area contributed by atoms with Gasteiger partial charge in [0, 0.05) is 18.3 Å². The summed E-state index contributed by atoms with van der Waals surface area (Å²) in [5.41, 5.74) is 0.622. The Bertz CT molecular complexity index is 841. The molecule has 1 aliphatic carbocycles. The Balaban J connectivity index is 1.81. The van der Waals surface area contributed by atoms with E-state index < -0.39 is 10.0 Å². The van der Waals surface area contributed by atoms with E-state index in [9.17, 15) is 8.42 Å². The zero-order chi connectivity index (χ0) is 18.3. The predicted octanol–water partition coefficient (Wildman–Crippen LogP) is 4.68. The molecule has 142 valence electrons. The molecule has 2 aromatic rings. The molecular formula is C19H27N3O2S2. The molecule has 5 nitrogen and oxygen atoms in total. The molecule has 1 saturated heterocycles.